The van der Waals surface area contributed by atoms with Gasteiger partial charge in [-0.2, -0.15) is 0 Å². The maximum atomic E-state index is 12.1. The lowest BCUT2D eigenvalue weighted by Crippen LogP contribution is -2.42. The van der Waals surface area contributed by atoms with Gasteiger partial charge in [0.05, 0.1) is 13.0 Å². The minimum absolute atomic E-state index is 0.151. The molecule has 5 nitrogen and oxygen atoms in total. The van der Waals surface area contributed by atoms with Crippen molar-refractivity contribution in [2.24, 2.45) is 0 Å². The summed E-state index contributed by atoms with van der Waals surface area (Å²) in [7, 11) is 2.98. The highest BCUT2D eigenvalue weighted by atomic mass is 79.9. The lowest BCUT2D eigenvalue weighted by Gasteiger charge is -2.27. The molecule has 0 saturated carbocycles. The van der Waals surface area contributed by atoms with Crippen LogP contribution in [0.4, 0.5) is 0 Å². The van der Waals surface area contributed by atoms with E-state index in [0.29, 0.717) is 5.56 Å². The first kappa shape index (κ1) is 13.0. The fourth-order valence-electron chi connectivity index (χ4n) is 1.96. The summed E-state index contributed by atoms with van der Waals surface area (Å²) in [6.07, 6.45) is 0. The van der Waals surface area contributed by atoms with E-state index in [1.165, 1.54) is 12.2 Å². The number of likely N-dealkylation sites (N-methyl/N-ethyl adjacent to an activating group) is 1. The van der Waals surface area contributed by atoms with E-state index in [1.54, 1.807) is 25.2 Å². The summed E-state index contributed by atoms with van der Waals surface area (Å²) >= 11 is 3.35. The Labute approximate surface area is 113 Å². The van der Waals surface area contributed by atoms with Crippen LogP contribution >= 0.6 is 15.9 Å². The number of carbonyl (C=O) groups is 2. The molecule has 1 aliphatic rings. The summed E-state index contributed by atoms with van der Waals surface area (Å²) in [4.78, 5) is 28.8. The van der Waals surface area contributed by atoms with Gasteiger partial charge in [-0.3, -0.25) is 14.4 Å². The number of carbonyl (C=O) groups excluding carboxylic acids is 2. The van der Waals surface area contributed by atoms with Crippen molar-refractivity contribution in [3.63, 3.8) is 0 Å². The lowest BCUT2D eigenvalue weighted by molar-refractivity contribution is -0.170. The fourth-order valence-corrected chi connectivity index (χ4v) is 2.34. The largest absolute Gasteiger partial charge is 0.351 e. The van der Waals surface area contributed by atoms with Crippen molar-refractivity contribution in [3.05, 3.63) is 33.8 Å². The highest BCUT2D eigenvalue weighted by Gasteiger charge is 2.32. The van der Waals surface area contributed by atoms with E-state index in [-0.39, 0.29) is 18.4 Å². The zero-order valence-electron chi connectivity index (χ0n) is 10.1. The highest BCUT2D eigenvalue weighted by Crippen LogP contribution is 2.28. The van der Waals surface area contributed by atoms with Crippen molar-refractivity contribution < 1.29 is 14.4 Å². The Bertz CT molecular complexity index is 504. The molecule has 1 atom stereocenters. The van der Waals surface area contributed by atoms with Gasteiger partial charge in [0, 0.05) is 23.6 Å². The molecule has 0 saturated heterocycles. The molecule has 18 heavy (non-hydrogen) atoms. The van der Waals surface area contributed by atoms with Crippen LogP contribution < -0.4 is 5.32 Å². The van der Waals surface area contributed by atoms with Gasteiger partial charge in [-0.05, 0) is 23.8 Å². The van der Waals surface area contributed by atoms with Gasteiger partial charge in [-0.25, -0.2) is 5.06 Å². The second kappa shape index (κ2) is 5.07. The molecular formula is C12H13BrN2O3. The van der Waals surface area contributed by atoms with Gasteiger partial charge in [0.1, 0.15) is 0 Å². The van der Waals surface area contributed by atoms with E-state index in [0.717, 1.165) is 10.0 Å². The van der Waals surface area contributed by atoms with Crippen molar-refractivity contribution in [2.45, 2.75) is 5.92 Å². The number of hydrogen-bond acceptors (Lipinski definition) is 3. The van der Waals surface area contributed by atoms with E-state index in [4.69, 9.17) is 4.84 Å². The molecule has 2 rings (SSSR count). The number of fused-ring (bicyclic) bond motifs is 1. The number of hydrogen-bond donors (Lipinski definition) is 1. The normalized spacial score (nSPS) is 17.9. The van der Waals surface area contributed by atoms with Gasteiger partial charge in [0.15, 0.2) is 0 Å². The SMILES string of the molecule is CON(C)C(=O)C1CNC(=O)c2ccc(Br)cc21. The van der Waals surface area contributed by atoms with E-state index >= 15 is 0 Å². The smallest absolute Gasteiger partial charge is 0.255 e. The first-order valence-corrected chi connectivity index (χ1v) is 6.23. The third-order valence-corrected chi connectivity index (χ3v) is 3.48. The van der Waals surface area contributed by atoms with Crippen molar-refractivity contribution in [3.8, 4) is 0 Å². The van der Waals surface area contributed by atoms with Crippen LogP contribution in [0.2, 0.25) is 0 Å². The number of nitrogens with zero attached hydrogens (tertiary/aromatic N) is 1. The first-order valence-electron chi connectivity index (χ1n) is 5.44. The fraction of sp³-hybridized carbons (Fsp3) is 0.333. The van der Waals surface area contributed by atoms with E-state index in [1.807, 2.05) is 0 Å². The van der Waals surface area contributed by atoms with Crippen LogP contribution in [0.3, 0.4) is 0 Å². The Morgan fingerprint density at radius 2 is 2.28 bits per heavy atom. The molecule has 0 bridgehead atoms. The molecule has 1 aromatic carbocycles. The molecule has 0 fully saturated rings. The lowest BCUT2D eigenvalue weighted by atomic mass is 9.90. The Hall–Kier alpha value is -1.40. The topological polar surface area (TPSA) is 58.6 Å². The molecule has 1 aromatic rings. The summed E-state index contributed by atoms with van der Waals surface area (Å²) in [5, 5.41) is 3.88. The molecule has 0 aromatic heterocycles. The highest BCUT2D eigenvalue weighted by molar-refractivity contribution is 9.10. The van der Waals surface area contributed by atoms with Crippen LogP contribution in [0.15, 0.2) is 22.7 Å². The molecule has 1 aliphatic heterocycles. The van der Waals surface area contributed by atoms with Crippen molar-refractivity contribution in [2.75, 3.05) is 20.7 Å². The predicted molar refractivity (Wildman–Crippen MR) is 69.0 cm³/mol. The van der Waals surface area contributed by atoms with E-state index in [2.05, 4.69) is 21.2 Å². The van der Waals surface area contributed by atoms with Gasteiger partial charge < -0.3 is 5.32 Å². The third-order valence-electron chi connectivity index (χ3n) is 2.98. The summed E-state index contributed by atoms with van der Waals surface area (Å²) in [6.45, 7) is 0.287. The Morgan fingerprint density at radius 1 is 1.56 bits per heavy atom. The number of amides is 2. The molecular weight excluding hydrogens is 300 g/mol. The molecule has 96 valence electrons. The first-order chi connectivity index (χ1) is 8.54. The van der Waals surface area contributed by atoms with Gasteiger partial charge in [0.2, 0.25) is 0 Å². The number of halogens is 1. The molecule has 1 unspecified atom stereocenters. The van der Waals surface area contributed by atoms with E-state index < -0.39 is 5.92 Å². The average molecular weight is 313 g/mol. The minimum atomic E-state index is -0.417. The quantitative estimate of drug-likeness (QED) is 0.837. The van der Waals surface area contributed by atoms with Crippen LogP contribution in [-0.2, 0) is 9.63 Å². The minimum Gasteiger partial charge on any atom is -0.351 e. The standard InChI is InChI=1S/C12H13BrN2O3/c1-15(18-2)12(17)10-6-14-11(16)8-4-3-7(13)5-9(8)10/h3-5,10H,6H2,1-2H3,(H,14,16). The number of hydroxylamine groups is 2. The van der Waals surface area contributed by atoms with Gasteiger partial charge in [0.25, 0.3) is 11.8 Å². The summed E-state index contributed by atoms with van der Waals surface area (Å²) in [5.74, 6) is -0.751. The summed E-state index contributed by atoms with van der Waals surface area (Å²) < 4.78 is 0.841. The Morgan fingerprint density at radius 3 is 2.94 bits per heavy atom. The Kier molecular flexibility index (Phi) is 3.68. The number of rotatable bonds is 2. The maximum Gasteiger partial charge on any atom is 0.255 e. The predicted octanol–water partition coefficient (Wildman–Crippen LogP) is 1.30. The average Bonchev–Trinajstić information content (AvgIpc) is 2.37. The molecule has 6 heteroatoms. The Balaban J connectivity index is 2.42. The van der Waals surface area contributed by atoms with Crippen molar-refractivity contribution in [1.82, 2.24) is 10.4 Å². The van der Waals surface area contributed by atoms with Crippen LogP contribution in [0.5, 0.6) is 0 Å². The third kappa shape index (κ3) is 2.26. The van der Waals surface area contributed by atoms with Crippen LogP contribution in [0, 0.1) is 0 Å². The van der Waals surface area contributed by atoms with Gasteiger partial charge in [-0.1, -0.05) is 15.9 Å². The second-order valence-corrected chi connectivity index (χ2v) is 4.93. The summed E-state index contributed by atoms with van der Waals surface area (Å²) in [5.41, 5.74) is 1.26. The van der Waals surface area contributed by atoms with Gasteiger partial charge in [-0.15, -0.1) is 0 Å². The van der Waals surface area contributed by atoms with Crippen molar-refractivity contribution in [1.29, 1.82) is 0 Å². The molecule has 2 amide bonds. The molecule has 1 heterocycles. The van der Waals surface area contributed by atoms with E-state index in [9.17, 15) is 9.59 Å². The monoisotopic (exact) mass is 312 g/mol. The molecule has 0 aliphatic carbocycles. The second-order valence-electron chi connectivity index (χ2n) is 4.01. The number of nitrogens with one attached hydrogen (secondary N) is 1. The molecule has 0 spiro atoms. The van der Waals surface area contributed by atoms with Crippen LogP contribution in [-0.4, -0.2) is 37.6 Å². The number of benzene rings is 1. The molecule has 1 N–H and O–H groups in total. The van der Waals surface area contributed by atoms with Gasteiger partial charge >= 0.3 is 0 Å². The maximum absolute atomic E-state index is 12.1. The van der Waals surface area contributed by atoms with Crippen LogP contribution in [0.25, 0.3) is 0 Å². The van der Waals surface area contributed by atoms with Crippen molar-refractivity contribution >= 4 is 27.7 Å². The summed E-state index contributed by atoms with van der Waals surface area (Å²) in [6, 6.07) is 5.30. The molecule has 0 radical (unpaired) electrons. The zero-order valence-corrected chi connectivity index (χ0v) is 11.7. The van der Waals surface area contributed by atoms with Crippen LogP contribution in [0.1, 0.15) is 21.8 Å². The zero-order chi connectivity index (χ0) is 13.3.